The number of amides is 1. The monoisotopic (exact) mass is 285 g/mol. The summed E-state index contributed by atoms with van der Waals surface area (Å²) in [5, 5.41) is 11.0. The Morgan fingerprint density at radius 3 is 2.48 bits per heavy atom. The number of benzene rings is 2. The summed E-state index contributed by atoms with van der Waals surface area (Å²) in [5.41, 5.74) is 1.12. The molecule has 4 nitrogen and oxygen atoms in total. The van der Waals surface area contributed by atoms with Crippen molar-refractivity contribution in [2.75, 3.05) is 13.6 Å². The van der Waals surface area contributed by atoms with Gasteiger partial charge in [0.15, 0.2) is 0 Å². The van der Waals surface area contributed by atoms with Gasteiger partial charge in [0, 0.05) is 20.0 Å². The molecule has 0 saturated carbocycles. The van der Waals surface area contributed by atoms with Crippen molar-refractivity contribution in [3.63, 3.8) is 0 Å². The van der Waals surface area contributed by atoms with E-state index in [9.17, 15) is 9.59 Å². The summed E-state index contributed by atoms with van der Waals surface area (Å²) in [6.07, 6.45) is 1.05. The van der Waals surface area contributed by atoms with E-state index < -0.39 is 5.97 Å². The second kappa shape index (κ2) is 6.88. The molecule has 110 valence electrons. The van der Waals surface area contributed by atoms with Crippen LogP contribution >= 0.6 is 0 Å². The van der Waals surface area contributed by atoms with Crippen LogP contribution in [0.25, 0.3) is 10.8 Å². The quantitative estimate of drug-likeness (QED) is 0.887. The number of carboxylic acid groups (broad SMARTS) is 1. The van der Waals surface area contributed by atoms with Gasteiger partial charge in [-0.15, -0.1) is 0 Å². The van der Waals surface area contributed by atoms with Crippen molar-refractivity contribution in [2.24, 2.45) is 0 Å². The summed E-state index contributed by atoms with van der Waals surface area (Å²) >= 11 is 0. The molecule has 2 aromatic rings. The third-order valence-corrected chi connectivity index (χ3v) is 3.53. The third kappa shape index (κ3) is 4.31. The average Bonchev–Trinajstić information content (AvgIpc) is 2.49. The van der Waals surface area contributed by atoms with Gasteiger partial charge in [-0.05, 0) is 22.8 Å². The first kappa shape index (κ1) is 15.0. The van der Waals surface area contributed by atoms with E-state index in [1.807, 2.05) is 18.2 Å². The van der Waals surface area contributed by atoms with Crippen LogP contribution in [-0.2, 0) is 16.0 Å². The lowest BCUT2D eigenvalue weighted by Gasteiger charge is -2.16. The van der Waals surface area contributed by atoms with Crippen LogP contribution in [0.3, 0.4) is 0 Å². The Balaban J connectivity index is 1.91. The van der Waals surface area contributed by atoms with E-state index in [4.69, 9.17) is 5.11 Å². The summed E-state index contributed by atoms with van der Waals surface area (Å²) in [7, 11) is 1.64. The SMILES string of the molecule is CN(CCC(=O)O)C(=O)CCc1ccc2ccccc2c1. The van der Waals surface area contributed by atoms with Crippen molar-refractivity contribution >= 4 is 22.6 Å². The van der Waals surface area contributed by atoms with Crippen LogP contribution in [0.4, 0.5) is 0 Å². The zero-order valence-corrected chi connectivity index (χ0v) is 12.1. The van der Waals surface area contributed by atoms with E-state index in [1.165, 1.54) is 15.7 Å². The zero-order valence-electron chi connectivity index (χ0n) is 12.1. The number of rotatable bonds is 6. The lowest BCUT2D eigenvalue weighted by Crippen LogP contribution is -2.29. The van der Waals surface area contributed by atoms with Crippen molar-refractivity contribution in [3.05, 3.63) is 48.0 Å². The van der Waals surface area contributed by atoms with E-state index in [2.05, 4.69) is 24.3 Å². The Kier molecular flexibility index (Phi) is 4.93. The molecule has 0 unspecified atom stereocenters. The Hall–Kier alpha value is -2.36. The van der Waals surface area contributed by atoms with Crippen molar-refractivity contribution in [1.82, 2.24) is 4.90 Å². The molecule has 0 fully saturated rings. The molecule has 0 aliphatic rings. The highest BCUT2D eigenvalue weighted by molar-refractivity contribution is 5.83. The Morgan fingerprint density at radius 2 is 1.76 bits per heavy atom. The van der Waals surface area contributed by atoms with Gasteiger partial charge in [0.1, 0.15) is 0 Å². The van der Waals surface area contributed by atoms with Crippen molar-refractivity contribution < 1.29 is 14.7 Å². The molecule has 21 heavy (non-hydrogen) atoms. The van der Waals surface area contributed by atoms with Gasteiger partial charge in [0.2, 0.25) is 5.91 Å². The first-order valence-electron chi connectivity index (χ1n) is 6.99. The van der Waals surface area contributed by atoms with Crippen molar-refractivity contribution in [1.29, 1.82) is 0 Å². The molecule has 2 rings (SSSR count). The first-order valence-corrected chi connectivity index (χ1v) is 6.99. The number of hydrogen-bond donors (Lipinski definition) is 1. The summed E-state index contributed by atoms with van der Waals surface area (Å²) in [6.45, 7) is 0.256. The average molecular weight is 285 g/mol. The Labute approximate surface area is 124 Å². The smallest absolute Gasteiger partial charge is 0.305 e. The summed E-state index contributed by atoms with van der Waals surface area (Å²) in [6, 6.07) is 14.3. The van der Waals surface area contributed by atoms with Crippen LogP contribution in [0, 0.1) is 0 Å². The maximum Gasteiger partial charge on any atom is 0.305 e. The molecule has 1 amide bonds. The van der Waals surface area contributed by atoms with E-state index >= 15 is 0 Å². The molecule has 0 saturated heterocycles. The maximum absolute atomic E-state index is 11.9. The summed E-state index contributed by atoms with van der Waals surface area (Å²) in [5.74, 6) is -0.909. The fourth-order valence-electron chi connectivity index (χ4n) is 2.22. The lowest BCUT2D eigenvalue weighted by molar-refractivity contribution is -0.138. The van der Waals surface area contributed by atoms with Crippen LogP contribution in [0.15, 0.2) is 42.5 Å². The molecule has 0 aliphatic carbocycles. The zero-order chi connectivity index (χ0) is 15.2. The van der Waals surface area contributed by atoms with Crippen molar-refractivity contribution in [2.45, 2.75) is 19.3 Å². The number of carbonyl (C=O) groups excluding carboxylic acids is 1. The minimum atomic E-state index is -0.885. The molecule has 4 heteroatoms. The van der Waals surface area contributed by atoms with E-state index in [1.54, 1.807) is 7.05 Å². The van der Waals surface area contributed by atoms with Gasteiger partial charge < -0.3 is 10.0 Å². The molecular formula is C17H19NO3. The molecule has 0 aliphatic heterocycles. The second-order valence-corrected chi connectivity index (χ2v) is 5.14. The van der Waals surface area contributed by atoms with Crippen LogP contribution in [0.1, 0.15) is 18.4 Å². The molecule has 0 aromatic heterocycles. The standard InChI is InChI=1S/C17H19NO3/c1-18(11-10-17(20)21)16(19)9-7-13-6-8-14-4-2-3-5-15(14)12-13/h2-6,8,12H,7,9-11H2,1H3,(H,20,21). The topological polar surface area (TPSA) is 57.6 Å². The minimum Gasteiger partial charge on any atom is -0.481 e. The number of fused-ring (bicyclic) bond motifs is 1. The number of carbonyl (C=O) groups is 2. The number of nitrogens with zero attached hydrogens (tertiary/aromatic N) is 1. The van der Waals surface area contributed by atoms with Gasteiger partial charge in [-0.1, -0.05) is 42.5 Å². The normalized spacial score (nSPS) is 10.5. The third-order valence-electron chi connectivity index (χ3n) is 3.53. The molecule has 1 N–H and O–H groups in total. The van der Waals surface area contributed by atoms with Crippen LogP contribution in [0.2, 0.25) is 0 Å². The lowest BCUT2D eigenvalue weighted by atomic mass is 10.0. The largest absolute Gasteiger partial charge is 0.481 e. The van der Waals surface area contributed by atoms with E-state index in [0.717, 1.165) is 5.56 Å². The van der Waals surface area contributed by atoms with Crippen LogP contribution in [-0.4, -0.2) is 35.5 Å². The first-order chi connectivity index (χ1) is 10.1. The Morgan fingerprint density at radius 1 is 1.05 bits per heavy atom. The highest BCUT2D eigenvalue weighted by Gasteiger charge is 2.10. The minimum absolute atomic E-state index is 0.0157. The fraction of sp³-hybridized carbons (Fsp3) is 0.294. The molecule has 0 bridgehead atoms. The molecule has 0 atom stereocenters. The van der Waals surface area contributed by atoms with Gasteiger partial charge in [-0.3, -0.25) is 9.59 Å². The number of hydrogen-bond acceptors (Lipinski definition) is 2. The number of aliphatic carboxylic acids is 1. The number of aryl methyl sites for hydroxylation is 1. The van der Waals surface area contributed by atoms with Crippen LogP contribution in [0.5, 0.6) is 0 Å². The molecular weight excluding hydrogens is 266 g/mol. The molecule has 2 aromatic carbocycles. The number of carboxylic acids is 1. The maximum atomic E-state index is 11.9. The van der Waals surface area contributed by atoms with Gasteiger partial charge in [0.25, 0.3) is 0 Å². The van der Waals surface area contributed by atoms with Crippen molar-refractivity contribution in [3.8, 4) is 0 Å². The second-order valence-electron chi connectivity index (χ2n) is 5.14. The van der Waals surface area contributed by atoms with Crippen LogP contribution < -0.4 is 0 Å². The summed E-state index contributed by atoms with van der Waals surface area (Å²) < 4.78 is 0. The van der Waals surface area contributed by atoms with Gasteiger partial charge in [0.05, 0.1) is 6.42 Å². The highest BCUT2D eigenvalue weighted by Crippen LogP contribution is 2.16. The van der Waals surface area contributed by atoms with E-state index in [0.29, 0.717) is 12.8 Å². The molecule has 0 spiro atoms. The van der Waals surface area contributed by atoms with E-state index in [-0.39, 0.29) is 18.9 Å². The molecule has 0 radical (unpaired) electrons. The summed E-state index contributed by atoms with van der Waals surface area (Å²) in [4.78, 5) is 23.9. The van der Waals surface area contributed by atoms with Gasteiger partial charge >= 0.3 is 5.97 Å². The fourth-order valence-corrected chi connectivity index (χ4v) is 2.22. The van der Waals surface area contributed by atoms with Gasteiger partial charge in [-0.2, -0.15) is 0 Å². The predicted octanol–water partition coefficient (Wildman–Crippen LogP) is 2.71. The van der Waals surface area contributed by atoms with Gasteiger partial charge in [-0.25, -0.2) is 0 Å². The highest BCUT2D eigenvalue weighted by atomic mass is 16.4. The Bertz CT molecular complexity index is 651. The predicted molar refractivity (Wildman–Crippen MR) is 82.2 cm³/mol. The molecule has 0 heterocycles.